The molecule has 158 valence electrons. The minimum Gasteiger partial charge on any atom is -0.493 e. The second-order valence-corrected chi connectivity index (χ2v) is 6.62. The number of aromatic nitrogens is 2. The Morgan fingerprint density at radius 1 is 1.07 bits per heavy atom. The third kappa shape index (κ3) is 4.43. The third-order valence-corrected chi connectivity index (χ3v) is 4.40. The van der Waals surface area contributed by atoms with Crippen LogP contribution >= 0.6 is 0 Å². The molecule has 2 aromatic carbocycles. The summed E-state index contributed by atoms with van der Waals surface area (Å²) in [5.74, 6) is 2.29. The van der Waals surface area contributed by atoms with Gasteiger partial charge in [-0.15, -0.1) is 0 Å². The van der Waals surface area contributed by atoms with E-state index in [1.165, 1.54) is 19.2 Å². The number of nitrogens with zero attached hydrogens (tertiary/aromatic N) is 3. The highest BCUT2D eigenvalue weighted by Crippen LogP contribution is 2.34. The molecule has 1 aliphatic heterocycles. The summed E-state index contributed by atoms with van der Waals surface area (Å²) in [6.45, 7) is -1.64. The van der Waals surface area contributed by atoms with Crippen molar-refractivity contribution in [1.29, 1.82) is 0 Å². The fourth-order valence-electron chi connectivity index (χ4n) is 3.07. The normalized spacial score (nSPS) is 12.6. The van der Waals surface area contributed by atoms with Gasteiger partial charge in [0.2, 0.25) is 18.5 Å². The van der Waals surface area contributed by atoms with Crippen LogP contribution in [0.3, 0.4) is 0 Å². The molecule has 2 heterocycles. The average molecular weight is 419 g/mol. The van der Waals surface area contributed by atoms with Crippen molar-refractivity contribution in [2.75, 3.05) is 21.0 Å². The van der Waals surface area contributed by atoms with E-state index in [4.69, 9.17) is 18.7 Å². The predicted octanol–water partition coefficient (Wildman–Crippen LogP) is 3.71. The maximum atomic E-state index is 12.5. The summed E-state index contributed by atoms with van der Waals surface area (Å²) in [6.07, 6.45) is 0. The Bertz CT molecular complexity index is 1030. The first-order valence-corrected chi connectivity index (χ1v) is 9.04. The number of methoxy groups -OCH3 is 1. The van der Waals surface area contributed by atoms with Crippen LogP contribution in [0.2, 0.25) is 0 Å². The number of fused-ring (bicyclic) bond motifs is 1. The van der Waals surface area contributed by atoms with E-state index in [1.54, 1.807) is 6.07 Å². The molecule has 0 radical (unpaired) electrons. The van der Waals surface area contributed by atoms with E-state index in [-0.39, 0.29) is 18.3 Å². The lowest BCUT2D eigenvalue weighted by Gasteiger charge is -2.14. The second-order valence-electron chi connectivity index (χ2n) is 6.62. The molecule has 0 N–H and O–H groups in total. The Kier molecular flexibility index (Phi) is 5.66. The summed E-state index contributed by atoms with van der Waals surface area (Å²) in [7, 11) is 3.29. The van der Waals surface area contributed by atoms with Gasteiger partial charge in [0.05, 0.1) is 13.7 Å². The van der Waals surface area contributed by atoms with E-state index in [9.17, 15) is 8.78 Å². The Morgan fingerprint density at radius 3 is 2.70 bits per heavy atom. The van der Waals surface area contributed by atoms with Crippen LogP contribution in [0, 0.1) is 0 Å². The van der Waals surface area contributed by atoms with Gasteiger partial charge in [-0.3, -0.25) is 4.90 Å². The Labute approximate surface area is 170 Å². The topological polar surface area (TPSA) is 79.1 Å². The van der Waals surface area contributed by atoms with Crippen molar-refractivity contribution < 1.29 is 32.3 Å². The average Bonchev–Trinajstić information content (AvgIpc) is 3.37. The molecule has 0 fully saturated rings. The molecule has 1 aromatic heterocycles. The molecule has 3 aromatic rings. The zero-order valence-electron chi connectivity index (χ0n) is 16.3. The molecule has 1 aliphatic rings. The van der Waals surface area contributed by atoms with E-state index >= 15 is 0 Å². The predicted molar refractivity (Wildman–Crippen MR) is 101 cm³/mol. The molecule has 4 rings (SSSR count). The smallest absolute Gasteiger partial charge is 0.387 e. The summed E-state index contributed by atoms with van der Waals surface area (Å²) in [4.78, 5) is 6.39. The number of alkyl halides is 2. The van der Waals surface area contributed by atoms with Crippen LogP contribution in [0.1, 0.15) is 11.5 Å². The molecule has 10 heteroatoms. The first-order valence-electron chi connectivity index (χ1n) is 9.04. The van der Waals surface area contributed by atoms with E-state index < -0.39 is 6.61 Å². The molecule has 0 saturated heterocycles. The van der Waals surface area contributed by atoms with Gasteiger partial charge in [-0.2, -0.15) is 13.8 Å². The van der Waals surface area contributed by atoms with Crippen molar-refractivity contribution in [2.45, 2.75) is 19.7 Å². The van der Waals surface area contributed by atoms with Crippen molar-refractivity contribution in [3.63, 3.8) is 0 Å². The van der Waals surface area contributed by atoms with Crippen LogP contribution in [0.25, 0.3) is 11.4 Å². The van der Waals surface area contributed by atoms with Crippen molar-refractivity contribution in [3.05, 3.63) is 47.9 Å². The minimum absolute atomic E-state index is 0.0663. The number of benzene rings is 2. The molecule has 0 bridgehead atoms. The highest BCUT2D eigenvalue weighted by Gasteiger charge is 2.17. The van der Waals surface area contributed by atoms with Crippen LogP contribution in [-0.4, -0.2) is 42.6 Å². The maximum absolute atomic E-state index is 12.5. The van der Waals surface area contributed by atoms with Gasteiger partial charge in [0.25, 0.3) is 0 Å². The number of rotatable bonds is 8. The van der Waals surface area contributed by atoms with Gasteiger partial charge < -0.3 is 23.5 Å². The van der Waals surface area contributed by atoms with Crippen LogP contribution in [0.5, 0.6) is 23.0 Å². The molecule has 0 unspecified atom stereocenters. The second kappa shape index (κ2) is 8.54. The van der Waals surface area contributed by atoms with Gasteiger partial charge in [-0.25, -0.2) is 0 Å². The molecular weight excluding hydrogens is 400 g/mol. The Hall–Kier alpha value is -3.40. The van der Waals surface area contributed by atoms with E-state index in [0.29, 0.717) is 30.4 Å². The number of halogens is 2. The van der Waals surface area contributed by atoms with Gasteiger partial charge in [-0.05, 0) is 42.9 Å². The van der Waals surface area contributed by atoms with Crippen molar-refractivity contribution in [3.8, 4) is 34.4 Å². The molecule has 0 aliphatic carbocycles. The first-order chi connectivity index (χ1) is 14.5. The lowest BCUT2D eigenvalue weighted by atomic mass is 10.2. The number of hydrogen-bond acceptors (Lipinski definition) is 8. The Morgan fingerprint density at radius 2 is 1.90 bits per heavy atom. The fourth-order valence-corrected chi connectivity index (χ4v) is 3.07. The quantitative estimate of drug-likeness (QED) is 0.547. The first kappa shape index (κ1) is 19.9. The largest absolute Gasteiger partial charge is 0.493 e. The molecule has 0 atom stereocenters. The van der Waals surface area contributed by atoms with Crippen molar-refractivity contribution in [2.24, 2.45) is 0 Å². The monoisotopic (exact) mass is 419 g/mol. The fraction of sp³-hybridized carbons (Fsp3) is 0.300. The molecule has 30 heavy (non-hydrogen) atoms. The van der Waals surface area contributed by atoms with Gasteiger partial charge in [0, 0.05) is 12.1 Å². The standard InChI is InChI=1S/C20H19F2N3O5/c1-25(9-12-3-5-14-17(7-12)28-11-27-14)10-18-23-19(24-30-18)13-4-6-15(29-20(21)22)16(8-13)26-2/h3-8,20H,9-11H2,1-2H3. The lowest BCUT2D eigenvalue weighted by Crippen LogP contribution is -2.17. The zero-order chi connectivity index (χ0) is 21.1. The maximum Gasteiger partial charge on any atom is 0.387 e. The molecule has 0 saturated carbocycles. The summed E-state index contributed by atoms with van der Waals surface area (Å²) >= 11 is 0. The zero-order valence-corrected chi connectivity index (χ0v) is 16.3. The third-order valence-electron chi connectivity index (χ3n) is 4.40. The summed E-state index contributed by atoms with van der Waals surface area (Å²) in [6, 6.07) is 10.2. The highest BCUT2D eigenvalue weighted by atomic mass is 19.3. The SMILES string of the molecule is COc1cc(-c2noc(CN(C)Cc3ccc4c(c3)OCO4)n2)ccc1OC(F)F. The van der Waals surface area contributed by atoms with Gasteiger partial charge >= 0.3 is 6.61 Å². The van der Waals surface area contributed by atoms with Crippen molar-refractivity contribution >= 4 is 0 Å². The highest BCUT2D eigenvalue weighted by molar-refractivity contribution is 5.60. The van der Waals surface area contributed by atoms with E-state index in [2.05, 4.69) is 14.9 Å². The van der Waals surface area contributed by atoms with Gasteiger partial charge in [0.1, 0.15) is 0 Å². The molecule has 0 amide bonds. The molecule has 0 spiro atoms. The van der Waals surface area contributed by atoms with E-state index in [1.807, 2.05) is 30.1 Å². The van der Waals surface area contributed by atoms with Crippen molar-refractivity contribution in [1.82, 2.24) is 15.0 Å². The van der Waals surface area contributed by atoms with Gasteiger partial charge in [0.15, 0.2) is 23.0 Å². The number of hydrogen-bond donors (Lipinski definition) is 0. The van der Waals surface area contributed by atoms with E-state index in [0.717, 1.165) is 17.1 Å². The summed E-state index contributed by atoms with van der Waals surface area (Å²) < 4.78 is 50.5. The van der Waals surface area contributed by atoms with Crippen LogP contribution in [-0.2, 0) is 13.1 Å². The minimum atomic E-state index is -2.94. The van der Waals surface area contributed by atoms with Gasteiger partial charge in [-0.1, -0.05) is 11.2 Å². The van der Waals surface area contributed by atoms with Crippen LogP contribution < -0.4 is 18.9 Å². The summed E-state index contributed by atoms with van der Waals surface area (Å²) in [5.41, 5.74) is 1.61. The molecular formula is C20H19F2N3O5. The Balaban J connectivity index is 1.42. The van der Waals surface area contributed by atoms with Crippen LogP contribution in [0.15, 0.2) is 40.9 Å². The summed E-state index contributed by atoms with van der Waals surface area (Å²) in [5, 5.41) is 3.97. The number of ether oxygens (including phenoxy) is 4. The lowest BCUT2D eigenvalue weighted by molar-refractivity contribution is -0.0512. The van der Waals surface area contributed by atoms with Crippen LogP contribution in [0.4, 0.5) is 8.78 Å². The molecule has 8 nitrogen and oxygen atoms in total.